The molecule has 2 rings (SSSR count). The van der Waals surface area contributed by atoms with Gasteiger partial charge in [-0.15, -0.1) is 0 Å². The summed E-state index contributed by atoms with van der Waals surface area (Å²) in [5, 5.41) is 0.894. The zero-order chi connectivity index (χ0) is 13.2. The van der Waals surface area contributed by atoms with Crippen molar-refractivity contribution in [2.75, 3.05) is 0 Å². The number of halogens is 1. The molecule has 0 spiro atoms. The second-order valence-electron chi connectivity index (χ2n) is 5.88. The van der Waals surface area contributed by atoms with Crippen molar-refractivity contribution in [3.63, 3.8) is 0 Å². The fraction of sp³-hybridized carbons (Fsp3) is 0.467. The van der Waals surface area contributed by atoms with E-state index in [0.717, 1.165) is 24.3 Å². The lowest BCUT2D eigenvalue weighted by Gasteiger charge is -2.27. The topological polar surface area (TPSA) is 9.23 Å². The molecule has 1 aliphatic rings. The fourth-order valence-corrected chi connectivity index (χ4v) is 3.65. The highest BCUT2D eigenvalue weighted by Crippen LogP contribution is 2.36. The first kappa shape index (κ1) is 13.7. The minimum Gasteiger partial charge on any atom is -0.548 e. The van der Waals surface area contributed by atoms with Crippen molar-refractivity contribution in [2.45, 2.75) is 44.8 Å². The second-order valence-corrected chi connectivity index (χ2v) is 10.7. The quantitative estimate of drug-likeness (QED) is 0.679. The van der Waals surface area contributed by atoms with Crippen LogP contribution in [0.5, 0.6) is 0 Å². The number of allylic oxidation sites excluding steroid dienone is 2. The standard InChI is InChI=1S/C15H21ClOSi/c1-18(2,3)17-13-10-8-12(9-11-13)14-6-4-5-7-15(14)16/h4-7,10,12H,8-9,11H2,1-3H3. The molecule has 1 aromatic carbocycles. The Labute approximate surface area is 116 Å². The summed E-state index contributed by atoms with van der Waals surface area (Å²) in [6.07, 6.45) is 5.49. The van der Waals surface area contributed by atoms with Crippen LogP contribution in [-0.4, -0.2) is 8.32 Å². The van der Waals surface area contributed by atoms with Gasteiger partial charge in [0, 0.05) is 11.4 Å². The summed E-state index contributed by atoms with van der Waals surface area (Å²) in [5.74, 6) is 1.74. The van der Waals surface area contributed by atoms with Crippen molar-refractivity contribution < 1.29 is 4.43 Å². The Bertz CT molecular complexity index is 448. The molecule has 0 saturated carbocycles. The molecule has 1 aliphatic carbocycles. The Morgan fingerprint density at radius 3 is 2.50 bits per heavy atom. The van der Waals surface area contributed by atoms with Crippen molar-refractivity contribution in [1.82, 2.24) is 0 Å². The SMILES string of the molecule is C[Si](C)(C)OC1=CCC(c2ccccc2Cl)CC1. The van der Waals surface area contributed by atoms with Crippen LogP contribution in [-0.2, 0) is 4.43 Å². The molecule has 0 fully saturated rings. The first-order valence-corrected chi connectivity index (χ1v) is 10.4. The van der Waals surface area contributed by atoms with Gasteiger partial charge in [-0.2, -0.15) is 0 Å². The molecule has 0 saturated heterocycles. The molecule has 1 atom stereocenters. The molecule has 0 aliphatic heterocycles. The Morgan fingerprint density at radius 1 is 1.22 bits per heavy atom. The van der Waals surface area contributed by atoms with Crippen LogP contribution in [0.15, 0.2) is 36.1 Å². The predicted octanol–water partition coefficient (Wildman–Crippen LogP) is 5.34. The summed E-state index contributed by atoms with van der Waals surface area (Å²) >= 11 is 6.26. The van der Waals surface area contributed by atoms with Crippen molar-refractivity contribution in [2.24, 2.45) is 0 Å². The number of rotatable bonds is 3. The van der Waals surface area contributed by atoms with E-state index in [-0.39, 0.29) is 0 Å². The molecule has 3 heteroatoms. The summed E-state index contributed by atoms with van der Waals surface area (Å²) in [4.78, 5) is 0. The fourth-order valence-electron chi connectivity index (χ4n) is 2.38. The Hall–Kier alpha value is -0.733. The van der Waals surface area contributed by atoms with Crippen LogP contribution in [0.1, 0.15) is 30.7 Å². The van der Waals surface area contributed by atoms with Gasteiger partial charge in [0.15, 0.2) is 0 Å². The van der Waals surface area contributed by atoms with Crippen molar-refractivity contribution in [3.05, 3.63) is 46.7 Å². The van der Waals surface area contributed by atoms with E-state index in [2.05, 4.69) is 37.8 Å². The van der Waals surface area contributed by atoms with Crippen LogP contribution in [0.2, 0.25) is 24.7 Å². The van der Waals surface area contributed by atoms with Crippen LogP contribution in [0.4, 0.5) is 0 Å². The van der Waals surface area contributed by atoms with E-state index in [1.807, 2.05) is 12.1 Å². The first-order valence-electron chi connectivity index (χ1n) is 6.58. The van der Waals surface area contributed by atoms with E-state index in [0.29, 0.717) is 5.92 Å². The molecular formula is C15H21ClOSi. The van der Waals surface area contributed by atoms with E-state index in [4.69, 9.17) is 16.0 Å². The van der Waals surface area contributed by atoms with Gasteiger partial charge in [-0.05, 0) is 56.1 Å². The second kappa shape index (κ2) is 5.50. The Morgan fingerprint density at radius 2 is 1.94 bits per heavy atom. The third-order valence-electron chi connectivity index (χ3n) is 3.15. The molecule has 18 heavy (non-hydrogen) atoms. The number of hydrogen-bond donors (Lipinski definition) is 0. The van der Waals surface area contributed by atoms with Crippen LogP contribution >= 0.6 is 11.6 Å². The number of hydrogen-bond acceptors (Lipinski definition) is 1. The zero-order valence-electron chi connectivity index (χ0n) is 11.4. The van der Waals surface area contributed by atoms with Gasteiger partial charge >= 0.3 is 0 Å². The van der Waals surface area contributed by atoms with Crippen LogP contribution in [0.25, 0.3) is 0 Å². The molecule has 0 aromatic heterocycles. The molecule has 98 valence electrons. The van der Waals surface area contributed by atoms with Gasteiger partial charge in [0.25, 0.3) is 0 Å². The predicted molar refractivity (Wildman–Crippen MR) is 80.6 cm³/mol. The molecular weight excluding hydrogens is 260 g/mol. The Kier molecular flexibility index (Phi) is 4.18. The highest BCUT2D eigenvalue weighted by atomic mass is 35.5. The summed E-state index contributed by atoms with van der Waals surface area (Å²) in [6, 6.07) is 8.18. The van der Waals surface area contributed by atoms with Crippen LogP contribution in [0.3, 0.4) is 0 Å². The molecule has 1 aromatic rings. The van der Waals surface area contributed by atoms with Crippen LogP contribution < -0.4 is 0 Å². The highest BCUT2D eigenvalue weighted by molar-refractivity contribution is 6.70. The minimum atomic E-state index is -1.45. The monoisotopic (exact) mass is 280 g/mol. The smallest absolute Gasteiger partial charge is 0.241 e. The zero-order valence-corrected chi connectivity index (χ0v) is 13.1. The molecule has 0 heterocycles. The highest BCUT2D eigenvalue weighted by Gasteiger charge is 2.23. The maximum Gasteiger partial charge on any atom is 0.241 e. The molecule has 0 bridgehead atoms. The van der Waals surface area contributed by atoms with E-state index in [9.17, 15) is 0 Å². The molecule has 0 N–H and O–H groups in total. The van der Waals surface area contributed by atoms with Gasteiger partial charge in [0.05, 0.1) is 5.76 Å². The van der Waals surface area contributed by atoms with Gasteiger partial charge in [0.2, 0.25) is 8.32 Å². The molecule has 0 radical (unpaired) electrons. The van der Waals surface area contributed by atoms with Gasteiger partial charge in [0.1, 0.15) is 0 Å². The normalized spacial score (nSPS) is 20.4. The van der Waals surface area contributed by atoms with Crippen molar-refractivity contribution in [3.8, 4) is 0 Å². The van der Waals surface area contributed by atoms with E-state index >= 15 is 0 Å². The van der Waals surface area contributed by atoms with E-state index in [1.165, 1.54) is 11.3 Å². The maximum absolute atomic E-state index is 6.26. The molecule has 1 unspecified atom stereocenters. The van der Waals surface area contributed by atoms with Crippen LogP contribution in [0, 0.1) is 0 Å². The largest absolute Gasteiger partial charge is 0.548 e. The lowest BCUT2D eigenvalue weighted by Crippen LogP contribution is -2.25. The summed E-state index contributed by atoms with van der Waals surface area (Å²) < 4.78 is 6.06. The van der Waals surface area contributed by atoms with Crippen molar-refractivity contribution >= 4 is 19.9 Å². The maximum atomic E-state index is 6.26. The van der Waals surface area contributed by atoms with Gasteiger partial charge in [-0.3, -0.25) is 0 Å². The van der Waals surface area contributed by atoms with Gasteiger partial charge < -0.3 is 4.43 Å². The Balaban J connectivity index is 2.04. The van der Waals surface area contributed by atoms with Gasteiger partial charge in [-0.25, -0.2) is 0 Å². The first-order chi connectivity index (χ1) is 8.46. The average Bonchev–Trinajstić information content (AvgIpc) is 2.29. The summed E-state index contributed by atoms with van der Waals surface area (Å²) in [6.45, 7) is 6.69. The number of benzene rings is 1. The van der Waals surface area contributed by atoms with Gasteiger partial charge in [-0.1, -0.05) is 29.8 Å². The summed E-state index contributed by atoms with van der Waals surface area (Å²) in [7, 11) is -1.45. The third-order valence-corrected chi connectivity index (χ3v) is 4.37. The van der Waals surface area contributed by atoms with E-state index in [1.54, 1.807) is 0 Å². The minimum absolute atomic E-state index is 0.549. The third kappa shape index (κ3) is 3.63. The lowest BCUT2D eigenvalue weighted by atomic mass is 9.87. The van der Waals surface area contributed by atoms with E-state index < -0.39 is 8.32 Å². The van der Waals surface area contributed by atoms with Crippen molar-refractivity contribution in [1.29, 1.82) is 0 Å². The lowest BCUT2D eigenvalue weighted by molar-refractivity contribution is 0.370. The molecule has 1 nitrogen and oxygen atoms in total. The average molecular weight is 281 g/mol. The summed E-state index contributed by atoms with van der Waals surface area (Å²) in [5.41, 5.74) is 1.28. The molecule has 0 amide bonds.